The molecule has 0 radical (unpaired) electrons. The summed E-state index contributed by atoms with van der Waals surface area (Å²) < 4.78 is 52.1. The molecule has 8 nitrogen and oxygen atoms in total. The first-order valence-electron chi connectivity index (χ1n) is 16.1. The third-order valence-corrected chi connectivity index (χ3v) is 9.35. The van der Waals surface area contributed by atoms with Crippen molar-refractivity contribution in [2.45, 2.75) is 31.6 Å². The number of piperazine rings is 1. The van der Waals surface area contributed by atoms with Gasteiger partial charge in [0.1, 0.15) is 0 Å². The van der Waals surface area contributed by atoms with Gasteiger partial charge >= 0.3 is 6.18 Å². The second-order valence-electron chi connectivity index (χ2n) is 12.6. The van der Waals surface area contributed by atoms with Crippen LogP contribution in [0.15, 0.2) is 84.9 Å². The molecule has 0 saturated carbocycles. The Morgan fingerprint density at radius 1 is 0.878 bits per heavy atom. The fraction of sp³-hybridized carbons (Fsp3) is 0.316. The highest BCUT2D eigenvalue weighted by molar-refractivity contribution is 6.05. The number of nitrogens with one attached hydrogen (secondary N) is 1. The van der Waals surface area contributed by atoms with Gasteiger partial charge in [0.25, 0.3) is 5.91 Å². The Labute approximate surface area is 284 Å². The van der Waals surface area contributed by atoms with Crippen molar-refractivity contribution in [3.05, 3.63) is 118 Å². The number of methoxy groups -OCH3 is 2. The summed E-state index contributed by atoms with van der Waals surface area (Å²) in [6.45, 7) is 5.59. The van der Waals surface area contributed by atoms with E-state index in [9.17, 15) is 22.8 Å². The van der Waals surface area contributed by atoms with Crippen molar-refractivity contribution in [2.24, 2.45) is 0 Å². The average molecular weight is 673 g/mol. The molecule has 256 valence electrons. The Hall–Kier alpha value is -5.03. The molecule has 0 aromatic heterocycles. The van der Waals surface area contributed by atoms with E-state index in [-0.39, 0.29) is 18.0 Å². The Morgan fingerprint density at radius 2 is 1.53 bits per heavy atom. The number of fused-ring (bicyclic) bond motifs is 1. The molecule has 1 fully saturated rings. The number of alkyl halides is 3. The standard InChI is InChI=1S/C38H39F3N4O4/c1-24-8-10-25(11-9-24)23-45-35(26-12-14-27(15-13-26)38(39,40)41)34(30-21-32(48-3)33(49-4)22-31(30)37(45)47)36(46)42-28-6-5-7-29(20-28)44-18-16-43(2)17-19-44/h5-15,20-22,34-35H,16-19,23H2,1-4H3,(H,42,46)/t34-,35+/m0/s1. The van der Waals surface area contributed by atoms with Gasteiger partial charge in [0.2, 0.25) is 5.91 Å². The second-order valence-corrected chi connectivity index (χ2v) is 12.6. The van der Waals surface area contributed by atoms with Crippen LogP contribution in [0.5, 0.6) is 11.5 Å². The summed E-state index contributed by atoms with van der Waals surface area (Å²) in [6, 6.07) is 22.2. The lowest BCUT2D eigenvalue weighted by Gasteiger charge is -2.42. The lowest BCUT2D eigenvalue weighted by molar-refractivity contribution is -0.137. The van der Waals surface area contributed by atoms with E-state index < -0.39 is 29.6 Å². The van der Waals surface area contributed by atoms with Gasteiger partial charge in [-0.25, -0.2) is 0 Å². The molecular formula is C38H39F3N4O4. The van der Waals surface area contributed by atoms with Crippen LogP contribution < -0.4 is 19.7 Å². The number of hydrogen-bond donors (Lipinski definition) is 1. The quantitative estimate of drug-likeness (QED) is 0.220. The Bertz CT molecular complexity index is 1820. The normalized spacial score (nSPS) is 18.2. The number of benzene rings is 4. The van der Waals surface area contributed by atoms with Gasteiger partial charge in [-0.1, -0.05) is 48.0 Å². The molecule has 2 heterocycles. The molecule has 11 heteroatoms. The first kappa shape index (κ1) is 33.9. The smallest absolute Gasteiger partial charge is 0.416 e. The number of ether oxygens (including phenoxy) is 2. The number of anilines is 2. The van der Waals surface area contributed by atoms with Crippen LogP contribution in [0, 0.1) is 6.92 Å². The molecule has 1 N–H and O–H groups in total. The molecule has 4 aromatic carbocycles. The number of nitrogens with zero attached hydrogens (tertiary/aromatic N) is 3. The van der Waals surface area contributed by atoms with Gasteiger partial charge < -0.3 is 29.5 Å². The summed E-state index contributed by atoms with van der Waals surface area (Å²) in [4.78, 5) is 35.2. The molecule has 2 aliphatic heterocycles. The zero-order valence-electron chi connectivity index (χ0n) is 27.9. The van der Waals surface area contributed by atoms with E-state index in [1.807, 2.05) is 49.4 Å². The van der Waals surface area contributed by atoms with E-state index in [1.54, 1.807) is 23.1 Å². The molecule has 0 unspecified atom stereocenters. The summed E-state index contributed by atoms with van der Waals surface area (Å²) in [7, 11) is 5.01. The summed E-state index contributed by atoms with van der Waals surface area (Å²) in [5.41, 5.74) is 3.58. The largest absolute Gasteiger partial charge is 0.493 e. The fourth-order valence-corrected chi connectivity index (χ4v) is 6.62. The number of hydrogen-bond acceptors (Lipinski definition) is 6. The third kappa shape index (κ3) is 7.07. The maximum Gasteiger partial charge on any atom is 0.416 e. The van der Waals surface area contributed by atoms with Crippen molar-refractivity contribution in [3.63, 3.8) is 0 Å². The van der Waals surface area contributed by atoms with E-state index in [1.165, 1.54) is 26.4 Å². The number of halogens is 3. The van der Waals surface area contributed by atoms with Crippen LogP contribution in [-0.2, 0) is 17.5 Å². The minimum atomic E-state index is -4.55. The molecule has 6 rings (SSSR count). The number of aryl methyl sites for hydroxylation is 1. The average Bonchev–Trinajstić information content (AvgIpc) is 3.09. The third-order valence-electron chi connectivity index (χ3n) is 9.35. The van der Waals surface area contributed by atoms with Crippen molar-refractivity contribution in [2.75, 3.05) is 57.7 Å². The van der Waals surface area contributed by atoms with Gasteiger partial charge in [0.15, 0.2) is 11.5 Å². The minimum Gasteiger partial charge on any atom is -0.493 e. The lowest BCUT2D eigenvalue weighted by atomic mass is 9.78. The highest BCUT2D eigenvalue weighted by Gasteiger charge is 2.45. The van der Waals surface area contributed by atoms with Crippen molar-refractivity contribution in [1.82, 2.24) is 9.80 Å². The monoisotopic (exact) mass is 672 g/mol. The molecular weight excluding hydrogens is 633 g/mol. The van der Waals surface area contributed by atoms with E-state index in [2.05, 4.69) is 22.2 Å². The first-order valence-corrected chi connectivity index (χ1v) is 16.1. The maximum absolute atomic E-state index is 14.7. The number of carbonyl (C=O) groups excluding carboxylic acids is 2. The highest BCUT2D eigenvalue weighted by Crippen LogP contribution is 2.47. The number of amides is 2. The van der Waals surface area contributed by atoms with Crippen LogP contribution >= 0.6 is 0 Å². The molecule has 0 spiro atoms. The molecule has 0 bridgehead atoms. The molecule has 2 atom stereocenters. The SMILES string of the molecule is COc1cc2c(cc1OC)[C@H](C(=O)Nc1cccc(N3CCN(C)CC3)c1)[C@@H](c1ccc(C(F)(F)F)cc1)N(Cc1ccc(C)cc1)C2=O. The van der Waals surface area contributed by atoms with Crippen LogP contribution in [0.1, 0.15) is 50.1 Å². The Morgan fingerprint density at radius 3 is 2.16 bits per heavy atom. The van der Waals surface area contributed by atoms with Crippen LogP contribution in [0.3, 0.4) is 0 Å². The predicted octanol–water partition coefficient (Wildman–Crippen LogP) is 6.90. The first-order chi connectivity index (χ1) is 23.5. The predicted molar refractivity (Wildman–Crippen MR) is 182 cm³/mol. The van der Waals surface area contributed by atoms with Crippen molar-refractivity contribution in [1.29, 1.82) is 0 Å². The van der Waals surface area contributed by atoms with Gasteiger partial charge in [-0.3, -0.25) is 9.59 Å². The van der Waals surface area contributed by atoms with Crippen LogP contribution in [0.25, 0.3) is 0 Å². The zero-order chi connectivity index (χ0) is 34.9. The van der Waals surface area contributed by atoms with E-state index in [0.29, 0.717) is 28.3 Å². The summed E-state index contributed by atoms with van der Waals surface area (Å²) in [5, 5.41) is 3.08. The van der Waals surface area contributed by atoms with E-state index in [4.69, 9.17) is 9.47 Å². The maximum atomic E-state index is 14.7. The van der Waals surface area contributed by atoms with Gasteiger partial charge in [-0.15, -0.1) is 0 Å². The molecule has 0 aliphatic carbocycles. The van der Waals surface area contributed by atoms with Gasteiger partial charge in [0.05, 0.1) is 31.7 Å². The zero-order valence-corrected chi connectivity index (χ0v) is 27.9. The Kier molecular flexibility index (Phi) is 9.56. The van der Waals surface area contributed by atoms with Crippen molar-refractivity contribution < 1.29 is 32.2 Å². The molecule has 1 saturated heterocycles. The van der Waals surface area contributed by atoms with E-state index >= 15 is 0 Å². The van der Waals surface area contributed by atoms with Crippen LogP contribution in [-0.4, -0.2) is 69.1 Å². The molecule has 2 aliphatic rings. The summed E-state index contributed by atoms with van der Waals surface area (Å²) in [6.07, 6.45) is -4.55. The van der Waals surface area contributed by atoms with E-state index in [0.717, 1.165) is 55.1 Å². The van der Waals surface area contributed by atoms with Gasteiger partial charge in [-0.05, 0) is 73.1 Å². The number of carbonyl (C=O) groups is 2. The van der Waals surface area contributed by atoms with Crippen molar-refractivity contribution >= 4 is 23.2 Å². The Balaban J connectivity index is 1.47. The second kappa shape index (κ2) is 13.8. The van der Waals surface area contributed by atoms with Crippen LogP contribution in [0.2, 0.25) is 0 Å². The van der Waals surface area contributed by atoms with Crippen LogP contribution in [0.4, 0.5) is 24.5 Å². The minimum absolute atomic E-state index is 0.112. The van der Waals surface area contributed by atoms with Gasteiger partial charge in [0, 0.05) is 49.7 Å². The number of rotatable bonds is 8. The summed E-state index contributed by atoms with van der Waals surface area (Å²) in [5.74, 6) is -1.20. The topological polar surface area (TPSA) is 74.4 Å². The lowest BCUT2D eigenvalue weighted by Crippen LogP contribution is -2.46. The van der Waals surface area contributed by atoms with Crippen molar-refractivity contribution in [3.8, 4) is 11.5 Å². The molecule has 4 aromatic rings. The molecule has 2 amide bonds. The van der Waals surface area contributed by atoms with Gasteiger partial charge in [-0.2, -0.15) is 13.2 Å². The molecule has 49 heavy (non-hydrogen) atoms. The highest BCUT2D eigenvalue weighted by atomic mass is 19.4. The number of likely N-dealkylation sites (N-methyl/N-ethyl adjacent to an activating group) is 1. The summed E-state index contributed by atoms with van der Waals surface area (Å²) >= 11 is 0. The fourth-order valence-electron chi connectivity index (χ4n) is 6.62.